The number of rotatable bonds is 5. The Hall–Kier alpha value is -7.41. The smallest absolute Gasteiger partial charge is 0.164 e. The minimum atomic E-state index is 0.647. The molecule has 0 unspecified atom stereocenters. The van der Waals surface area contributed by atoms with E-state index in [-0.39, 0.29) is 0 Å². The third-order valence-electron chi connectivity index (χ3n) is 11.1. The molecule has 266 valence electrons. The topological polar surface area (TPSA) is 56.7 Å². The predicted molar refractivity (Wildman–Crippen MR) is 236 cm³/mol. The Bertz CT molecular complexity index is 3420. The average molecular weight is 747 g/mol. The van der Waals surface area contributed by atoms with Crippen molar-refractivity contribution in [2.45, 2.75) is 0 Å². The van der Waals surface area contributed by atoms with Gasteiger partial charge in [-0.15, -0.1) is 11.3 Å². The van der Waals surface area contributed by atoms with Crippen LogP contribution in [0.2, 0.25) is 0 Å². The fourth-order valence-corrected chi connectivity index (χ4v) is 9.68. The van der Waals surface area contributed by atoms with Crippen molar-refractivity contribution in [3.05, 3.63) is 182 Å². The number of hydrogen-bond donors (Lipinski definition) is 0. The quantitative estimate of drug-likeness (QED) is 0.176. The second kappa shape index (κ2) is 12.6. The molecule has 0 saturated carbocycles. The van der Waals surface area contributed by atoms with Crippen LogP contribution in [-0.2, 0) is 0 Å². The Balaban J connectivity index is 1.09. The van der Waals surface area contributed by atoms with Gasteiger partial charge in [0, 0.05) is 53.0 Å². The zero-order chi connectivity index (χ0) is 37.5. The standard InChI is InChI=1S/C51H30N4OS/c1-3-14-31(15-4-1)49-52-50(32-16-5-2-6-17-32)54-51(53-49)37-21-12-27-45-46(37)38-30-33(28-29-44(38)57-45)34-20-11-25-42-47(34)48-41(24-13-26-43(48)56-42)55-39-22-9-7-18-35(39)36-19-8-10-23-40(36)55/h1-30H. The molecule has 57 heavy (non-hydrogen) atoms. The molecular formula is C51H30N4OS. The van der Waals surface area contributed by atoms with Crippen LogP contribution in [0.1, 0.15) is 0 Å². The summed E-state index contributed by atoms with van der Waals surface area (Å²) < 4.78 is 11.4. The van der Waals surface area contributed by atoms with E-state index in [0.29, 0.717) is 17.5 Å². The van der Waals surface area contributed by atoms with E-state index >= 15 is 0 Å². The van der Waals surface area contributed by atoms with Gasteiger partial charge in [0.05, 0.1) is 22.1 Å². The first-order chi connectivity index (χ1) is 28.3. The third kappa shape index (κ3) is 4.98. The molecule has 4 aromatic heterocycles. The molecule has 0 aliphatic rings. The number of hydrogen-bond acceptors (Lipinski definition) is 5. The summed E-state index contributed by atoms with van der Waals surface area (Å²) in [6, 6.07) is 63.7. The lowest BCUT2D eigenvalue weighted by atomic mass is 9.96. The fourth-order valence-electron chi connectivity index (χ4n) is 8.57. The Labute approximate surface area is 330 Å². The van der Waals surface area contributed by atoms with Gasteiger partial charge in [-0.3, -0.25) is 0 Å². The van der Waals surface area contributed by atoms with E-state index in [2.05, 4.69) is 126 Å². The van der Waals surface area contributed by atoms with Gasteiger partial charge < -0.3 is 8.98 Å². The molecule has 0 amide bonds. The van der Waals surface area contributed by atoms with Crippen molar-refractivity contribution >= 4 is 75.3 Å². The molecule has 0 bridgehead atoms. The van der Waals surface area contributed by atoms with Gasteiger partial charge >= 0.3 is 0 Å². The van der Waals surface area contributed by atoms with Crippen LogP contribution >= 0.6 is 11.3 Å². The van der Waals surface area contributed by atoms with Crippen LogP contribution in [0.15, 0.2) is 186 Å². The van der Waals surface area contributed by atoms with Crippen molar-refractivity contribution in [1.29, 1.82) is 0 Å². The van der Waals surface area contributed by atoms with Crippen LogP contribution in [0, 0.1) is 0 Å². The van der Waals surface area contributed by atoms with Gasteiger partial charge in [-0.25, -0.2) is 15.0 Å². The molecule has 12 aromatic rings. The van der Waals surface area contributed by atoms with Gasteiger partial charge in [0.15, 0.2) is 17.5 Å². The number of nitrogens with zero attached hydrogens (tertiary/aromatic N) is 4. The molecule has 0 N–H and O–H groups in total. The molecule has 12 rings (SSSR count). The lowest BCUT2D eigenvalue weighted by molar-refractivity contribution is 0.669. The summed E-state index contributed by atoms with van der Waals surface area (Å²) in [5.74, 6) is 1.95. The highest BCUT2D eigenvalue weighted by Gasteiger charge is 2.21. The van der Waals surface area contributed by atoms with E-state index in [1.807, 2.05) is 60.7 Å². The lowest BCUT2D eigenvalue weighted by Gasteiger charge is -2.11. The van der Waals surface area contributed by atoms with Crippen LogP contribution < -0.4 is 0 Å². The van der Waals surface area contributed by atoms with Crippen molar-refractivity contribution < 1.29 is 4.42 Å². The first kappa shape index (κ1) is 31.9. The molecular weight excluding hydrogens is 717 g/mol. The number of benzene rings is 8. The second-order valence-electron chi connectivity index (χ2n) is 14.3. The summed E-state index contributed by atoms with van der Waals surface area (Å²) in [4.78, 5) is 15.2. The Kier molecular flexibility index (Phi) is 7.03. The van der Waals surface area contributed by atoms with Crippen LogP contribution in [0.3, 0.4) is 0 Å². The van der Waals surface area contributed by atoms with Gasteiger partial charge in [0.25, 0.3) is 0 Å². The molecule has 0 aliphatic heterocycles. The molecule has 0 saturated heterocycles. The molecule has 0 spiro atoms. The van der Waals surface area contributed by atoms with Crippen molar-refractivity contribution in [3.8, 4) is 51.0 Å². The van der Waals surface area contributed by atoms with Crippen LogP contribution in [0.4, 0.5) is 0 Å². The zero-order valence-corrected chi connectivity index (χ0v) is 31.2. The highest BCUT2D eigenvalue weighted by atomic mass is 32.1. The van der Waals surface area contributed by atoms with Crippen molar-refractivity contribution in [1.82, 2.24) is 19.5 Å². The summed E-state index contributed by atoms with van der Waals surface area (Å²) in [6.45, 7) is 0. The largest absolute Gasteiger partial charge is 0.456 e. The number of fused-ring (bicyclic) bond motifs is 9. The lowest BCUT2D eigenvalue weighted by Crippen LogP contribution is -2.00. The van der Waals surface area contributed by atoms with Gasteiger partial charge in [0.1, 0.15) is 11.2 Å². The predicted octanol–water partition coefficient (Wildman–Crippen LogP) is 13.9. The molecule has 4 heterocycles. The maximum Gasteiger partial charge on any atom is 0.164 e. The Morgan fingerprint density at radius 2 is 0.965 bits per heavy atom. The van der Waals surface area contributed by atoms with Crippen molar-refractivity contribution in [3.63, 3.8) is 0 Å². The molecule has 0 radical (unpaired) electrons. The van der Waals surface area contributed by atoms with E-state index in [4.69, 9.17) is 19.4 Å². The van der Waals surface area contributed by atoms with Gasteiger partial charge in [-0.05, 0) is 59.7 Å². The molecule has 5 nitrogen and oxygen atoms in total. The van der Waals surface area contributed by atoms with E-state index < -0.39 is 0 Å². The number of furan rings is 1. The molecule has 8 aromatic carbocycles. The minimum absolute atomic E-state index is 0.647. The number of thiophene rings is 1. The number of aromatic nitrogens is 4. The zero-order valence-electron chi connectivity index (χ0n) is 30.4. The van der Waals surface area contributed by atoms with E-state index in [9.17, 15) is 0 Å². The minimum Gasteiger partial charge on any atom is -0.456 e. The third-order valence-corrected chi connectivity index (χ3v) is 12.2. The van der Waals surface area contributed by atoms with Crippen LogP contribution in [-0.4, -0.2) is 19.5 Å². The van der Waals surface area contributed by atoms with Gasteiger partial charge in [0.2, 0.25) is 0 Å². The second-order valence-corrected chi connectivity index (χ2v) is 15.4. The van der Waals surface area contributed by atoms with Gasteiger partial charge in [-0.1, -0.05) is 133 Å². The summed E-state index contributed by atoms with van der Waals surface area (Å²) in [5.41, 5.74) is 10.3. The molecule has 0 atom stereocenters. The normalized spacial score (nSPS) is 11.9. The summed E-state index contributed by atoms with van der Waals surface area (Å²) >= 11 is 1.79. The number of para-hydroxylation sites is 2. The van der Waals surface area contributed by atoms with E-state index in [1.165, 1.54) is 36.6 Å². The highest BCUT2D eigenvalue weighted by molar-refractivity contribution is 7.26. The first-order valence-electron chi connectivity index (χ1n) is 19.0. The monoisotopic (exact) mass is 746 g/mol. The summed E-state index contributed by atoms with van der Waals surface area (Å²) in [6.07, 6.45) is 0. The first-order valence-corrected chi connectivity index (χ1v) is 19.8. The molecule has 0 aliphatic carbocycles. The Morgan fingerprint density at radius 1 is 0.386 bits per heavy atom. The van der Waals surface area contributed by atoms with E-state index in [0.717, 1.165) is 60.8 Å². The van der Waals surface area contributed by atoms with Crippen LogP contribution in [0.25, 0.3) is 115 Å². The average Bonchev–Trinajstić information content (AvgIpc) is 3.96. The fraction of sp³-hybridized carbons (Fsp3) is 0. The molecule has 6 heteroatoms. The van der Waals surface area contributed by atoms with Crippen LogP contribution in [0.5, 0.6) is 0 Å². The summed E-state index contributed by atoms with van der Waals surface area (Å²) in [5, 5.41) is 6.96. The summed E-state index contributed by atoms with van der Waals surface area (Å²) in [7, 11) is 0. The maximum absolute atomic E-state index is 6.66. The van der Waals surface area contributed by atoms with Crippen molar-refractivity contribution in [2.24, 2.45) is 0 Å². The highest BCUT2D eigenvalue weighted by Crippen LogP contribution is 2.45. The van der Waals surface area contributed by atoms with Crippen molar-refractivity contribution in [2.75, 3.05) is 0 Å². The molecule has 0 fully saturated rings. The Morgan fingerprint density at radius 3 is 1.67 bits per heavy atom. The van der Waals surface area contributed by atoms with E-state index in [1.54, 1.807) is 11.3 Å². The SMILES string of the molecule is c1ccc(-c2nc(-c3ccccc3)nc(-c3cccc4sc5ccc(-c6cccc7oc8cccc(-n9c%10ccccc%10c%10ccccc%109)c8c67)cc5c34)n2)cc1. The van der Waals surface area contributed by atoms with Gasteiger partial charge in [-0.2, -0.15) is 0 Å². The maximum atomic E-state index is 6.66.